The standard InChI is InChI=1S/C33H26N8O9S2/c1-16-7-11-25(51(45,46)47)22(13-16)37-32-38-31(39-33(44)40-32)35-17-8-12-26(52(48,49)50-34)23(14-17)36-21-9-10-24-28-20(15-27(42)41(24)2)18-5-3-4-6-19(18)30(43)29(21)28/h3-15,36H,34H2,1-2H3,(H,45,46,47)(H3,35,37,38,39,40,44). The molecule has 1 aliphatic rings. The lowest BCUT2D eigenvalue weighted by atomic mass is 9.83. The molecule has 19 heteroatoms. The minimum Gasteiger partial charge on any atom is -0.479 e. The van der Waals surface area contributed by atoms with E-state index in [1.165, 1.54) is 41.0 Å². The highest BCUT2D eigenvalue weighted by Crippen LogP contribution is 2.43. The predicted molar refractivity (Wildman–Crippen MR) is 189 cm³/mol. The number of aromatic nitrogens is 4. The number of hydrogen-bond acceptors (Lipinski definition) is 15. The number of anilines is 6. The summed E-state index contributed by atoms with van der Waals surface area (Å²) in [5.74, 6) is 4.21. The molecule has 7 rings (SSSR count). The van der Waals surface area contributed by atoms with Crippen molar-refractivity contribution in [3.63, 3.8) is 0 Å². The molecule has 0 unspecified atom stereocenters. The Morgan fingerprint density at radius 3 is 2.13 bits per heavy atom. The Balaban J connectivity index is 1.31. The van der Waals surface area contributed by atoms with E-state index >= 15 is 0 Å². The molecule has 0 saturated heterocycles. The molecule has 7 N–H and O–H groups in total. The molecule has 0 aliphatic heterocycles. The van der Waals surface area contributed by atoms with Crippen LogP contribution in [0.2, 0.25) is 0 Å². The minimum atomic E-state index is -4.65. The summed E-state index contributed by atoms with van der Waals surface area (Å²) in [5, 5.41) is 19.3. The highest BCUT2D eigenvalue weighted by Gasteiger charge is 2.30. The van der Waals surface area contributed by atoms with Crippen molar-refractivity contribution in [3.8, 4) is 17.1 Å². The van der Waals surface area contributed by atoms with Crippen molar-refractivity contribution in [2.45, 2.75) is 16.7 Å². The number of hydrogen-bond donors (Lipinski definition) is 6. The largest absolute Gasteiger partial charge is 0.479 e. The lowest BCUT2D eigenvalue weighted by Crippen LogP contribution is -2.21. The Bertz CT molecular complexity index is 2790. The maximum absolute atomic E-state index is 14.0. The molecule has 0 atom stereocenters. The third kappa shape index (κ3) is 6.07. The second kappa shape index (κ2) is 12.5. The summed E-state index contributed by atoms with van der Waals surface area (Å²) >= 11 is 0. The number of pyridine rings is 1. The summed E-state index contributed by atoms with van der Waals surface area (Å²) in [7, 11) is -7.61. The number of benzene rings is 4. The SMILES string of the molecule is Cc1ccc(S(=O)(=O)O)c(Nc2nc(O)nc(Nc3ccc(S(=O)(=O)ON)c(Nc4ccc5c6c(cc(=O)n5C)-c5ccccc5C(=O)c46)c3)n2)c1. The Morgan fingerprint density at radius 2 is 1.42 bits per heavy atom. The molecular formula is C33H26N8O9S2. The lowest BCUT2D eigenvalue weighted by molar-refractivity contribution is 0.104. The van der Waals surface area contributed by atoms with Crippen molar-refractivity contribution in [1.82, 2.24) is 19.5 Å². The molecule has 264 valence electrons. The number of nitrogens with zero attached hydrogens (tertiary/aromatic N) is 4. The number of ketones is 1. The molecule has 4 aromatic carbocycles. The second-order valence-corrected chi connectivity index (χ2v) is 14.5. The maximum atomic E-state index is 14.0. The van der Waals surface area contributed by atoms with Crippen LogP contribution in [0.1, 0.15) is 21.5 Å². The molecule has 0 radical (unpaired) electrons. The van der Waals surface area contributed by atoms with Crippen LogP contribution in [-0.4, -0.2) is 51.8 Å². The summed E-state index contributed by atoms with van der Waals surface area (Å²) < 4.78 is 65.2. The number of nitrogens with two attached hydrogens (primary N) is 1. The van der Waals surface area contributed by atoms with Gasteiger partial charge in [0.15, 0.2) is 5.78 Å². The molecule has 0 bridgehead atoms. The smallest absolute Gasteiger partial charge is 0.320 e. The van der Waals surface area contributed by atoms with E-state index in [9.17, 15) is 36.1 Å². The fourth-order valence-corrected chi connectivity index (χ4v) is 7.32. The third-order valence-corrected chi connectivity index (χ3v) is 10.3. The normalized spacial score (nSPS) is 12.4. The van der Waals surface area contributed by atoms with Crippen LogP contribution in [0.25, 0.3) is 22.0 Å². The topological polar surface area (TPSA) is 258 Å². The average Bonchev–Trinajstić information content (AvgIpc) is 3.08. The predicted octanol–water partition coefficient (Wildman–Crippen LogP) is 4.01. The van der Waals surface area contributed by atoms with Gasteiger partial charge in [-0.1, -0.05) is 30.3 Å². The quantitative estimate of drug-likeness (QED) is 0.0902. The molecule has 0 amide bonds. The Hall–Kier alpha value is -6.25. The van der Waals surface area contributed by atoms with Gasteiger partial charge in [0.1, 0.15) is 9.79 Å². The molecule has 0 spiro atoms. The molecule has 17 nitrogen and oxygen atoms in total. The number of carbonyl (C=O) groups excluding carboxylic acids is 1. The molecular weight excluding hydrogens is 717 g/mol. The number of fused-ring (bicyclic) bond motifs is 2. The summed E-state index contributed by atoms with van der Waals surface area (Å²) in [6.45, 7) is 1.69. The molecule has 52 heavy (non-hydrogen) atoms. The Kier molecular flexibility index (Phi) is 8.23. The van der Waals surface area contributed by atoms with Gasteiger partial charge in [0.05, 0.1) is 28.1 Å². The summed E-state index contributed by atoms with van der Waals surface area (Å²) in [6.07, 6.45) is 0. The van der Waals surface area contributed by atoms with Crippen LogP contribution in [-0.2, 0) is 31.6 Å². The zero-order chi connectivity index (χ0) is 37.1. The molecule has 0 fully saturated rings. The van der Waals surface area contributed by atoms with Crippen LogP contribution in [0.3, 0.4) is 0 Å². The van der Waals surface area contributed by atoms with Crippen molar-refractivity contribution in [2.24, 2.45) is 12.9 Å². The zero-order valence-corrected chi connectivity index (χ0v) is 28.6. The number of carbonyl (C=O) groups is 1. The average molecular weight is 743 g/mol. The molecule has 1 aliphatic carbocycles. The highest BCUT2D eigenvalue weighted by atomic mass is 32.2. The van der Waals surface area contributed by atoms with Crippen molar-refractivity contribution in [3.05, 3.63) is 106 Å². The van der Waals surface area contributed by atoms with Crippen LogP contribution in [0, 0.1) is 6.92 Å². The number of aryl methyl sites for hydroxylation is 2. The first kappa shape index (κ1) is 34.2. The van der Waals surface area contributed by atoms with E-state index in [1.807, 2.05) is 0 Å². The summed E-state index contributed by atoms with van der Waals surface area (Å²) in [6, 6.07) is 18.6. The van der Waals surface area contributed by atoms with Crippen LogP contribution < -0.4 is 27.4 Å². The van der Waals surface area contributed by atoms with Crippen LogP contribution in [0.4, 0.5) is 34.6 Å². The molecule has 6 aromatic rings. The van der Waals surface area contributed by atoms with E-state index in [-0.39, 0.29) is 51.6 Å². The van der Waals surface area contributed by atoms with Crippen LogP contribution in [0.5, 0.6) is 6.01 Å². The van der Waals surface area contributed by atoms with Crippen LogP contribution >= 0.6 is 0 Å². The fourth-order valence-electron chi connectivity index (χ4n) is 5.97. The first-order chi connectivity index (χ1) is 24.6. The molecule has 2 aromatic heterocycles. The van der Waals surface area contributed by atoms with Gasteiger partial charge in [-0.2, -0.15) is 42.0 Å². The van der Waals surface area contributed by atoms with Gasteiger partial charge in [-0.3, -0.25) is 14.1 Å². The van der Waals surface area contributed by atoms with E-state index in [0.717, 1.165) is 6.07 Å². The number of aromatic hydroxyl groups is 1. The first-order valence-electron chi connectivity index (χ1n) is 15.1. The fraction of sp³-hybridized carbons (Fsp3) is 0.0606. The monoisotopic (exact) mass is 742 g/mol. The zero-order valence-electron chi connectivity index (χ0n) is 26.9. The van der Waals surface area contributed by atoms with Crippen molar-refractivity contribution >= 4 is 71.6 Å². The van der Waals surface area contributed by atoms with Gasteiger partial charge >= 0.3 is 16.1 Å². The van der Waals surface area contributed by atoms with Gasteiger partial charge < -0.3 is 25.6 Å². The Labute approximate surface area is 294 Å². The number of rotatable bonds is 9. The van der Waals surface area contributed by atoms with Gasteiger partial charge in [0.2, 0.25) is 11.9 Å². The lowest BCUT2D eigenvalue weighted by Gasteiger charge is -2.24. The van der Waals surface area contributed by atoms with Gasteiger partial charge in [-0.15, -0.1) is 0 Å². The van der Waals surface area contributed by atoms with Crippen molar-refractivity contribution < 1.29 is 35.6 Å². The van der Waals surface area contributed by atoms with Gasteiger partial charge in [-0.25, -0.2) is 0 Å². The summed E-state index contributed by atoms with van der Waals surface area (Å²) in [5.41, 5.74) is 2.67. The molecule has 2 heterocycles. The Morgan fingerprint density at radius 1 is 0.750 bits per heavy atom. The number of nitrogens with one attached hydrogen (secondary N) is 3. The van der Waals surface area contributed by atoms with Gasteiger partial charge in [0.25, 0.3) is 15.7 Å². The minimum absolute atomic E-state index is 0.0818. The van der Waals surface area contributed by atoms with E-state index in [1.54, 1.807) is 50.4 Å². The van der Waals surface area contributed by atoms with Gasteiger partial charge in [-0.05, 0) is 66.1 Å². The molecule has 0 saturated carbocycles. The van der Waals surface area contributed by atoms with Crippen LogP contribution in [0.15, 0.2) is 93.4 Å². The van der Waals surface area contributed by atoms with E-state index in [0.29, 0.717) is 33.2 Å². The first-order valence-corrected chi connectivity index (χ1v) is 17.9. The third-order valence-electron chi connectivity index (χ3n) is 8.29. The second-order valence-electron chi connectivity index (χ2n) is 11.6. The van der Waals surface area contributed by atoms with E-state index in [2.05, 4.69) is 35.2 Å². The summed E-state index contributed by atoms with van der Waals surface area (Å²) in [4.78, 5) is 37.8. The van der Waals surface area contributed by atoms with Gasteiger partial charge in [0, 0.05) is 29.8 Å². The van der Waals surface area contributed by atoms with E-state index < -0.39 is 36.0 Å². The van der Waals surface area contributed by atoms with Crippen molar-refractivity contribution in [1.29, 1.82) is 0 Å². The highest BCUT2D eigenvalue weighted by molar-refractivity contribution is 7.87. The maximum Gasteiger partial charge on any atom is 0.320 e. The van der Waals surface area contributed by atoms with E-state index in [4.69, 9.17) is 5.90 Å². The van der Waals surface area contributed by atoms with Crippen molar-refractivity contribution in [2.75, 3.05) is 16.0 Å².